The standard InChI is InChI=1S/C23H21ClN4O4/c1-13-2-5-16(10-17(13)24)25-12-14-3-6-15(7-4-14)26-18-11-21(30)28(23(18)32)19-8-9-20(29)27-22(19)31/h2-7,10-11,19,25-26H,8-9,12H2,1H3,(H,27,29,31). The molecule has 1 unspecified atom stereocenters. The molecule has 1 saturated heterocycles. The summed E-state index contributed by atoms with van der Waals surface area (Å²) in [6.45, 7) is 2.53. The number of hydrogen-bond acceptors (Lipinski definition) is 6. The van der Waals surface area contributed by atoms with Crippen LogP contribution in [0, 0.1) is 6.92 Å². The molecule has 4 rings (SSSR count). The fourth-order valence-electron chi connectivity index (χ4n) is 3.57. The number of aryl methyl sites for hydroxylation is 1. The van der Waals surface area contributed by atoms with Crippen molar-refractivity contribution in [2.45, 2.75) is 32.4 Å². The van der Waals surface area contributed by atoms with Crippen molar-refractivity contribution in [3.8, 4) is 0 Å². The average molecular weight is 453 g/mol. The maximum Gasteiger partial charge on any atom is 0.278 e. The van der Waals surface area contributed by atoms with E-state index >= 15 is 0 Å². The molecule has 32 heavy (non-hydrogen) atoms. The Morgan fingerprint density at radius 3 is 2.47 bits per heavy atom. The number of hydrogen-bond donors (Lipinski definition) is 3. The number of amides is 4. The predicted octanol–water partition coefficient (Wildman–Crippen LogP) is 2.73. The lowest BCUT2D eigenvalue weighted by Gasteiger charge is -2.28. The van der Waals surface area contributed by atoms with Gasteiger partial charge in [0, 0.05) is 35.4 Å². The highest BCUT2D eigenvalue weighted by Gasteiger charge is 2.42. The van der Waals surface area contributed by atoms with E-state index in [0.717, 1.165) is 21.7 Å². The minimum atomic E-state index is -0.980. The van der Waals surface area contributed by atoms with Crippen LogP contribution in [-0.4, -0.2) is 34.6 Å². The molecule has 0 radical (unpaired) electrons. The third-order valence-electron chi connectivity index (χ3n) is 5.38. The van der Waals surface area contributed by atoms with Gasteiger partial charge in [0.1, 0.15) is 11.7 Å². The molecule has 0 bridgehead atoms. The number of carbonyl (C=O) groups is 4. The van der Waals surface area contributed by atoms with Gasteiger partial charge in [-0.05, 0) is 48.7 Å². The fourth-order valence-corrected chi connectivity index (χ4v) is 3.75. The second-order valence-corrected chi connectivity index (χ2v) is 8.08. The van der Waals surface area contributed by atoms with Crippen molar-refractivity contribution in [1.29, 1.82) is 0 Å². The Bertz CT molecular complexity index is 1140. The van der Waals surface area contributed by atoms with E-state index in [9.17, 15) is 19.2 Å². The van der Waals surface area contributed by atoms with E-state index in [1.807, 2.05) is 37.3 Å². The van der Waals surface area contributed by atoms with Crippen LogP contribution >= 0.6 is 11.6 Å². The summed E-state index contributed by atoms with van der Waals surface area (Å²) in [6.07, 6.45) is 1.38. The van der Waals surface area contributed by atoms with Crippen molar-refractivity contribution < 1.29 is 19.2 Å². The number of imide groups is 2. The zero-order valence-electron chi connectivity index (χ0n) is 17.3. The molecule has 2 aromatic rings. The number of nitrogens with one attached hydrogen (secondary N) is 3. The summed E-state index contributed by atoms with van der Waals surface area (Å²) in [4.78, 5) is 49.3. The Kier molecular flexibility index (Phi) is 5.96. The van der Waals surface area contributed by atoms with E-state index in [0.29, 0.717) is 17.3 Å². The molecule has 8 nitrogen and oxygen atoms in total. The number of carbonyl (C=O) groups excluding carboxylic acids is 4. The summed E-state index contributed by atoms with van der Waals surface area (Å²) in [7, 11) is 0. The number of nitrogens with zero attached hydrogens (tertiary/aromatic N) is 1. The van der Waals surface area contributed by atoms with Gasteiger partial charge in [0.25, 0.3) is 11.8 Å². The number of piperidine rings is 1. The Morgan fingerprint density at radius 1 is 1.06 bits per heavy atom. The highest BCUT2D eigenvalue weighted by atomic mass is 35.5. The summed E-state index contributed by atoms with van der Waals surface area (Å²) in [5.41, 5.74) is 3.65. The van der Waals surface area contributed by atoms with Gasteiger partial charge in [-0.15, -0.1) is 0 Å². The molecule has 2 aliphatic rings. The molecule has 3 N–H and O–H groups in total. The average Bonchev–Trinajstić information content (AvgIpc) is 3.03. The first-order chi connectivity index (χ1) is 15.3. The van der Waals surface area contributed by atoms with Gasteiger partial charge in [0.2, 0.25) is 11.8 Å². The second kappa shape index (κ2) is 8.84. The van der Waals surface area contributed by atoms with Gasteiger partial charge in [-0.2, -0.15) is 0 Å². The predicted molar refractivity (Wildman–Crippen MR) is 120 cm³/mol. The van der Waals surface area contributed by atoms with E-state index < -0.39 is 29.7 Å². The first-order valence-electron chi connectivity index (χ1n) is 10.1. The van der Waals surface area contributed by atoms with Crippen molar-refractivity contribution in [1.82, 2.24) is 10.2 Å². The molecule has 0 spiro atoms. The van der Waals surface area contributed by atoms with Crippen LogP contribution in [-0.2, 0) is 25.7 Å². The summed E-state index contributed by atoms with van der Waals surface area (Å²) < 4.78 is 0. The lowest BCUT2D eigenvalue weighted by atomic mass is 10.0. The van der Waals surface area contributed by atoms with Crippen LogP contribution in [0.4, 0.5) is 11.4 Å². The third-order valence-corrected chi connectivity index (χ3v) is 5.78. The van der Waals surface area contributed by atoms with E-state index in [1.54, 1.807) is 12.1 Å². The van der Waals surface area contributed by atoms with Crippen molar-refractivity contribution in [2.75, 3.05) is 10.6 Å². The topological polar surface area (TPSA) is 108 Å². The Balaban J connectivity index is 1.37. The van der Waals surface area contributed by atoms with Gasteiger partial charge in [-0.3, -0.25) is 29.4 Å². The van der Waals surface area contributed by atoms with Crippen LogP contribution in [0.1, 0.15) is 24.0 Å². The van der Waals surface area contributed by atoms with E-state index in [1.165, 1.54) is 6.08 Å². The summed E-state index contributed by atoms with van der Waals surface area (Å²) >= 11 is 6.15. The van der Waals surface area contributed by atoms with Crippen LogP contribution in [0.5, 0.6) is 0 Å². The highest BCUT2D eigenvalue weighted by molar-refractivity contribution is 6.31. The molecule has 1 fully saturated rings. The fraction of sp³-hybridized carbons (Fsp3) is 0.217. The maximum atomic E-state index is 12.7. The van der Waals surface area contributed by atoms with Gasteiger partial charge in [0.05, 0.1) is 0 Å². The van der Waals surface area contributed by atoms with Crippen molar-refractivity contribution >= 4 is 46.6 Å². The van der Waals surface area contributed by atoms with Crippen LogP contribution in [0.3, 0.4) is 0 Å². The molecule has 164 valence electrons. The zero-order chi connectivity index (χ0) is 22.8. The maximum absolute atomic E-state index is 12.7. The van der Waals surface area contributed by atoms with Gasteiger partial charge < -0.3 is 10.6 Å². The number of rotatable bonds is 6. The summed E-state index contributed by atoms with van der Waals surface area (Å²) in [5, 5.41) is 9.11. The zero-order valence-corrected chi connectivity index (χ0v) is 18.0. The quantitative estimate of drug-likeness (QED) is 0.582. The molecule has 9 heteroatoms. The normalized spacial score (nSPS) is 18.5. The second-order valence-electron chi connectivity index (χ2n) is 7.68. The third kappa shape index (κ3) is 4.50. The smallest absolute Gasteiger partial charge is 0.278 e. The van der Waals surface area contributed by atoms with E-state index in [4.69, 9.17) is 11.6 Å². The molecule has 2 aromatic carbocycles. The Labute approximate surface area is 189 Å². The molecular formula is C23H21ClN4O4. The molecule has 2 heterocycles. The highest BCUT2D eigenvalue weighted by Crippen LogP contribution is 2.24. The van der Waals surface area contributed by atoms with Crippen molar-refractivity contribution in [3.05, 3.63) is 70.4 Å². The largest absolute Gasteiger partial charge is 0.381 e. The molecule has 1 atom stereocenters. The molecule has 0 aliphatic carbocycles. The SMILES string of the molecule is Cc1ccc(NCc2ccc(NC3=CC(=O)N(C4CCC(=O)NC4=O)C3=O)cc2)cc1Cl. The molecule has 0 saturated carbocycles. The van der Waals surface area contributed by atoms with Crippen molar-refractivity contribution in [2.24, 2.45) is 0 Å². The lowest BCUT2D eigenvalue weighted by Crippen LogP contribution is -2.54. The monoisotopic (exact) mass is 452 g/mol. The van der Waals surface area contributed by atoms with Gasteiger partial charge in [0.15, 0.2) is 0 Å². The van der Waals surface area contributed by atoms with Gasteiger partial charge in [-0.1, -0.05) is 29.8 Å². The van der Waals surface area contributed by atoms with Crippen LogP contribution in [0.15, 0.2) is 54.2 Å². The van der Waals surface area contributed by atoms with Crippen molar-refractivity contribution in [3.63, 3.8) is 0 Å². The van der Waals surface area contributed by atoms with E-state index in [2.05, 4.69) is 16.0 Å². The van der Waals surface area contributed by atoms with E-state index in [-0.39, 0.29) is 18.5 Å². The van der Waals surface area contributed by atoms with Crippen LogP contribution < -0.4 is 16.0 Å². The minimum Gasteiger partial charge on any atom is -0.381 e. The molecule has 4 amide bonds. The van der Waals surface area contributed by atoms with Crippen LogP contribution in [0.25, 0.3) is 0 Å². The molecule has 2 aliphatic heterocycles. The van der Waals surface area contributed by atoms with Gasteiger partial charge in [-0.25, -0.2) is 0 Å². The van der Waals surface area contributed by atoms with Crippen LogP contribution in [0.2, 0.25) is 5.02 Å². The Hall–Kier alpha value is -3.65. The minimum absolute atomic E-state index is 0.0832. The summed E-state index contributed by atoms with van der Waals surface area (Å²) in [6, 6.07) is 12.2. The molecular weight excluding hydrogens is 432 g/mol. The Morgan fingerprint density at radius 2 is 1.78 bits per heavy atom. The number of halogens is 1. The number of benzene rings is 2. The summed E-state index contributed by atoms with van der Waals surface area (Å²) in [5.74, 6) is -2.21. The van der Waals surface area contributed by atoms with Gasteiger partial charge >= 0.3 is 0 Å². The molecule has 0 aromatic heterocycles. The first-order valence-corrected chi connectivity index (χ1v) is 10.5. The lowest BCUT2D eigenvalue weighted by molar-refractivity contribution is -0.149. The number of anilines is 2. The first kappa shape index (κ1) is 21.6.